The maximum atomic E-state index is 12.7. The van der Waals surface area contributed by atoms with Gasteiger partial charge in [-0.2, -0.15) is 0 Å². The number of carbonyl (C=O) groups is 3. The van der Waals surface area contributed by atoms with Crippen LogP contribution in [0.4, 0.5) is 16.4 Å². The highest BCUT2D eigenvalue weighted by molar-refractivity contribution is 7.17. The van der Waals surface area contributed by atoms with E-state index in [1.54, 1.807) is 13.0 Å². The maximum Gasteiger partial charge on any atom is 0.341 e. The molecule has 2 heterocycles. The summed E-state index contributed by atoms with van der Waals surface area (Å²) < 4.78 is 5.22. The zero-order valence-corrected chi connectivity index (χ0v) is 17.0. The Labute approximate surface area is 172 Å². The Morgan fingerprint density at radius 3 is 2.76 bits per heavy atom. The minimum atomic E-state index is -0.675. The fourth-order valence-electron chi connectivity index (χ4n) is 3.77. The average Bonchev–Trinajstić information content (AvgIpc) is 3.06. The minimum Gasteiger partial charge on any atom is -0.462 e. The summed E-state index contributed by atoms with van der Waals surface area (Å²) in [7, 11) is 0. The highest BCUT2D eigenvalue weighted by Gasteiger charge is 2.30. The Hall–Kier alpha value is -2.87. The Kier molecular flexibility index (Phi) is 5.53. The molecule has 2 aromatic rings. The van der Waals surface area contributed by atoms with Crippen molar-refractivity contribution in [1.29, 1.82) is 0 Å². The van der Waals surface area contributed by atoms with Crippen LogP contribution in [0.2, 0.25) is 0 Å². The molecule has 0 radical (unpaired) electrons. The number of thiophene rings is 1. The number of esters is 1. The average molecular weight is 413 g/mol. The van der Waals surface area contributed by atoms with Crippen LogP contribution >= 0.6 is 11.3 Å². The predicted octanol–water partition coefficient (Wildman–Crippen LogP) is 3.57. The van der Waals surface area contributed by atoms with E-state index in [4.69, 9.17) is 4.74 Å². The van der Waals surface area contributed by atoms with Crippen molar-refractivity contribution in [3.63, 3.8) is 0 Å². The number of hydrogen-bond donors (Lipinski definition) is 3. The fourth-order valence-corrected chi connectivity index (χ4v) is 5.06. The summed E-state index contributed by atoms with van der Waals surface area (Å²) in [5.74, 6) is -0.972. The third kappa shape index (κ3) is 3.98. The molecular formula is C21H23N3O4S. The van der Waals surface area contributed by atoms with Crippen LogP contribution in [-0.4, -0.2) is 30.4 Å². The molecule has 1 aliphatic heterocycles. The van der Waals surface area contributed by atoms with E-state index in [1.165, 1.54) is 11.3 Å². The minimum absolute atomic E-state index is 0.0367. The lowest BCUT2D eigenvalue weighted by Crippen LogP contribution is -2.41. The second-order valence-corrected chi connectivity index (χ2v) is 8.22. The monoisotopic (exact) mass is 413 g/mol. The molecule has 0 fully saturated rings. The van der Waals surface area contributed by atoms with E-state index in [2.05, 4.69) is 16.0 Å². The Morgan fingerprint density at radius 1 is 1.21 bits per heavy atom. The van der Waals surface area contributed by atoms with Crippen molar-refractivity contribution >= 4 is 45.5 Å². The smallest absolute Gasteiger partial charge is 0.341 e. The Balaban J connectivity index is 1.51. The molecule has 2 amide bonds. The lowest BCUT2D eigenvalue weighted by atomic mass is 9.95. The van der Waals surface area contributed by atoms with Gasteiger partial charge < -0.3 is 20.7 Å². The van der Waals surface area contributed by atoms with Crippen molar-refractivity contribution in [2.75, 3.05) is 22.6 Å². The molecule has 0 spiro atoms. The van der Waals surface area contributed by atoms with Gasteiger partial charge in [0.25, 0.3) is 0 Å². The number of hydrogen-bond acceptors (Lipinski definition) is 6. The first-order valence-electron chi connectivity index (χ1n) is 9.84. The van der Waals surface area contributed by atoms with Crippen LogP contribution < -0.4 is 16.0 Å². The number of para-hydroxylation sites is 2. The molecule has 0 bridgehead atoms. The summed E-state index contributed by atoms with van der Waals surface area (Å²) in [5, 5.41) is 9.30. The van der Waals surface area contributed by atoms with E-state index < -0.39 is 12.0 Å². The highest BCUT2D eigenvalue weighted by Crippen LogP contribution is 2.38. The van der Waals surface area contributed by atoms with Gasteiger partial charge in [0.15, 0.2) is 0 Å². The van der Waals surface area contributed by atoms with E-state index in [1.807, 2.05) is 18.2 Å². The van der Waals surface area contributed by atoms with Gasteiger partial charge in [0, 0.05) is 4.88 Å². The summed E-state index contributed by atoms with van der Waals surface area (Å²) in [4.78, 5) is 38.7. The first kappa shape index (κ1) is 19.4. The van der Waals surface area contributed by atoms with E-state index in [-0.39, 0.29) is 24.8 Å². The molecular weight excluding hydrogens is 390 g/mol. The summed E-state index contributed by atoms with van der Waals surface area (Å²) >= 11 is 1.44. The molecule has 8 heteroatoms. The quantitative estimate of drug-likeness (QED) is 0.651. The standard InChI is InChI=1S/C21H23N3O4S/c1-2-28-21(27)18-12-7-3-6-10-16(12)29-20(18)24-17(25)11-15-19(26)23-14-9-5-4-8-13(14)22-15/h4-5,8-9,15,22H,2-3,6-7,10-11H2,1H3,(H,23,26)(H,24,25). The molecule has 1 atom stereocenters. The summed E-state index contributed by atoms with van der Waals surface area (Å²) in [6, 6.07) is 6.68. The van der Waals surface area contributed by atoms with Gasteiger partial charge in [0.05, 0.1) is 30.0 Å². The van der Waals surface area contributed by atoms with Gasteiger partial charge in [0.2, 0.25) is 11.8 Å². The van der Waals surface area contributed by atoms with Crippen LogP contribution in [0.1, 0.15) is 47.0 Å². The molecule has 1 aromatic heterocycles. The topological polar surface area (TPSA) is 96.5 Å². The molecule has 3 N–H and O–H groups in total. The van der Waals surface area contributed by atoms with Crippen molar-refractivity contribution in [3.05, 3.63) is 40.3 Å². The first-order valence-corrected chi connectivity index (χ1v) is 10.7. The fraction of sp³-hybridized carbons (Fsp3) is 0.381. The SMILES string of the molecule is CCOC(=O)c1c(NC(=O)CC2Nc3ccccc3NC2=O)sc2c1CCCC2. The first-order chi connectivity index (χ1) is 14.1. The maximum absolute atomic E-state index is 12.7. The van der Waals surface area contributed by atoms with Crippen LogP contribution in [0.25, 0.3) is 0 Å². The highest BCUT2D eigenvalue weighted by atomic mass is 32.1. The van der Waals surface area contributed by atoms with Crippen LogP contribution in [0.3, 0.4) is 0 Å². The van der Waals surface area contributed by atoms with Crippen LogP contribution in [0.5, 0.6) is 0 Å². The molecule has 1 aliphatic carbocycles. The van der Waals surface area contributed by atoms with Crippen LogP contribution in [0, 0.1) is 0 Å². The lowest BCUT2D eigenvalue weighted by molar-refractivity contribution is -0.122. The number of fused-ring (bicyclic) bond motifs is 2. The lowest BCUT2D eigenvalue weighted by Gasteiger charge is -2.26. The van der Waals surface area contributed by atoms with E-state index in [9.17, 15) is 14.4 Å². The number of aryl methyl sites for hydroxylation is 1. The molecule has 0 saturated carbocycles. The molecule has 7 nitrogen and oxygen atoms in total. The molecule has 4 rings (SSSR count). The van der Waals surface area contributed by atoms with Gasteiger partial charge in [-0.25, -0.2) is 4.79 Å². The van der Waals surface area contributed by atoms with Gasteiger partial charge in [-0.05, 0) is 50.3 Å². The third-order valence-electron chi connectivity index (χ3n) is 5.12. The number of carbonyl (C=O) groups excluding carboxylic acids is 3. The summed E-state index contributed by atoms with van der Waals surface area (Å²) in [6.07, 6.45) is 3.79. The van der Waals surface area contributed by atoms with Crippen LogP contribution in [-0.2, 0) is 27.2 Å². The number of benzene rings is 1. The van der Waals surface area contributed by atoms with E-state index in [0.29, 0.717) is 16.3 Å². The normalized spacial score (nSPS) is 17.4. The van der Waals surface area contributed by atoms with Gasteiger partial charge in [-0.15, -0.1) is 11.3 Å². The Morgan fingerprint density at radius 2 is 1.97 bits per heavy atom. The number of ether oxygens (including phenoxy) is 1. The number of rotatable bonds is 5. The molecule has 1 unspecified atom stereocenters. The number of amides is 2. The van der Waals surface area contributed by atoms with Gasteiger partial charge in [-0.3, -0.25) is 9.59 Å². The summed E-state index contributed by atoms with van der Waals surface area (Å²) in [6.45, 7) is 2.04. The zero-order valence-electron chi connectivity index (χ0n) is 16.2. The van der Waals surface area contributed by atoms with Crippen molar-refractivity contribution in [2.45, 2.75) is 45.1 Å². The Bertz CT molecular complexity index is 969. The largest absolute Gasteiger partial charge is 0.462 e. The van der Waals surface area contributed by atoms with Crippen molar-refractivity contribution in [2.24, 2.45) is 0 Å². The molecule has 29 heavy (non-hydrogen) atoms. The van der Waals surface area contributed by atoms with E-state index >= 15 is 0 Å². The molecule has 152 valence electrons. The zero-order chi connectivity index (χ0) is 20.4. The van der Waals surface area contributed by atoms with Crippen LogP contribution in [0.15, 0.2) is 24.3 Å². The van der Waals surface area contributed by atoms with Gasteiger partial charge >= 0.3 is 5.97 Å². The number of anilines is 3. The van der Waals surface area contributed by atoms with Gasteiger partial charge in [-0.1, -0.05) is 12.1 Å². The van der Waals surface area contributed by atoms with Crippen molar-refractivity contribution < 1.29 is 19.1 Å². The predicted molar refractivity (Wildman–Crippen MR) is 113 cm³/mol. The molecule has 2 aliphatic rings. The second kappa shape index (κ2) is 8.24. The molecule has 1 aromatic carbocycles. The van der Waals surface area contributed by atoms with Crippen molar-refractivity contribution in [3.8, 4) is 0 Å². The van der Waals surface area contributed by atoms with Crippen molar-refractivity contribution in [1.82, 2.24) is 0 Å². The van der Waals surface area contributed by atoms with Gasteiger partial charge in [0.1, 0.15) is 11.0 Å². The third-order valence-corrected chi connectivity index (χ3v) is 6.33. The summed E-state index contributed by atoms with van der Waals surface area (Å²) in [5.41, 5.74) is 2.96. The number of nitrogens with one attached hydrogen (secondary N) is 3. The second-order valence-electron chi connectivity index (χ2n) is 7.12. The molecule has 0 saturated heterocycles. The van der Waals surface area contributed by atoms with E-state index in [0.717, 1.165) is 41.8 Å².